The molecular weight excluding hydrogens is 434 g/mol. The van der Waals surface area contributed by atoms with Crippen molar-refractivity contribution >= 4 is 23.5 Å². The van der Waals surface area contributed by atoms with E-state index in [0.29, 0.717) is 18.5 Å². The van der Waals surface area contributed by atoms with Crippen LogP contribution in [0.2, 0.25) is 0 Å². The molecule has 0 bridgehead atoms. The first-order valence-electron chi connectivity index (χ1n) is 11.6. The zero-order valence-electron chi connectivity index (χ0n) is 19.7. The summed E-state index contributed by atoms with van der Waals surface area (Å²) in [5.74, 6) is -3.66. The summed E-state index contributed by atoms with van der Waals surface area (Å²) in [5.41, 5.74) is 0.751. The number of phenolic OH excluding ortho intramolecular Hbond substituents is 1. The highest BCUT2D eigenvalue weighted by Gasteiger charge is 2.68. The highest BCUT2D eigenvalue weighted by atomic mass is 16.4. The van der Waals surface area contributed by atoms with Crippen LogP contribution in [0.4, 0.5) is 5.69 Å². The van der Waals surface area contributed by atoms with Gasteiger partial charge in [-0.2, -0.15) is 0 Å². The molecular formula is C26H31N3O5. The Balaban J connectivity index is 1.79. The fourth-order valence-electron chi connectivity index (χ4n) is 5.24. The SMILES string of the molecule is CCCCN1C(=O)C2C(c3ccc(N(C)C)cc3)NC(Cc3ccc(O)cc3)(C(=O)O)C2C1=O. The van der Waals surface area contributed by atoms with Crippen molar-refractivity contribution in [3.63, 3.8) is 0 Å². The maximum Gasteiger partial charge on any atom is 0.325 e. The Morgan fingerprint density at radius 2 is 1.71 bits per heavy atom. The Morgan fingerprint density at radius 1 is 1.06 bits per heavy atom. The van der Waals surface area contributed by atoms with Crippen LogP contribution in [0, 0.1) is 11.8 Å². The Kier molecular flexibility index (Phi) is 6.36. The molecule has 180 valence electrons. The van der Waals surface area contributed by atoms with Gasteiger partial charge in [0.2, 0.25) is 11.8 Å². The Hall–Kier alpha value is -3.39. The van der Waals surface area contributed by atoms with Crippen LogP contribution in [-0.4, -0.2) is 59.1 Å². The second kappa shape index (κ2) is 9.10. The maximum atomic E-state index is 13.5. The number of phenols is 1. The number of amides is 2. The van der Waals surface area contributed by atoms with Crippen LogP contribution in [0.3, 0.4) is 0 Å². The van der Waals surface area contributed by atoms with Crippen molar-refractivity contribution in [1.82, 2.24) is 10.2 Å². The van der Waals surface area contributed by atoms with E-state index in [-0.39, 0.29) is 18.1 Å². The number of carbonyl (C=O) groups excluding carboxylic acids is 2. The lowest BCUT2D eigenvalue weighted by molar-refractivity contribution is -0.151. The minimum atomic E-state index is -1.65. The van der Waals surface area contributed by atoms with Gasteiger partial charge in [-0.05, 0) is 41.8 Å². The number of carboxylic acids is 1. The number of benzene rings is 2. The van der Waals surface area contributed by atoms with Gasteiger partial charge in [-0.1, -0.05) is 37.6 Å². The molecule has 0 aliphatic carbocycles. The topological polar surface area (TPSA) is 110 Å². The van der Waals surface area contributed by atoms with E-state index < -0.39 is 35.3 Å². The second-order valence-corrected chi connectivity index (χ2v) is 9.41. The van der Waals surface area contributed by atoms with E-state index in [9.17, 15) is 24.6 Å². The molecule has 8 nitrogen and oxygen atoms in total. The third-order valence-corrected chi connectivity index (χ3v) is 7.05. The largest absolute Gasteiger partial charge is 0.508 e. The number of anilines is 1. The van der Waals surface area contributed by atoms with Crippen molar-refractivity contribution in [2.24, 2.45) is 11.8 Å². The van der Waals surface area contributed by atoms with Crippen LogP contribution < -0.4 is 10.2 Å². The first-order chi connectivity index (χ1) is 16.2. The van der Waals surface area contributed by atoms with Gasteiger partial charge in [0, 0.05) is 38.8 Å². The van der Waals surface area contributed by atoms with Gasteiger partial charge < -0.3 is 15.1 Å². The van der Waals surface area contributed by atoms with Crippen LogP contribution in [0.25, 0.3) is 0 Å². The maximum absolute atomic E-state index is 13.5. The minimum Gasteiger partial charge on any atom is -0.508 e. The molecule has 4 unspecified atom stereocenters. The molecule has 2 heterocycles. The number of nitrogens with zero attached hydrogens (tertiary/aromatic N) is 2. The van der Waals surface area contributed by atoms with E-state index in [4.69, 9.17) is 0 Å². The molecule has 2 aromatic rings. The standard InChI is InChI=1S/C26H31N3O5/c1-4-5-14-29-23(31)20-21(24(29)32)26(25(33)34,15-16-6-12-19(30)13-7-16)27-22(20)17-8-10-18(11-9-17)28(2)3/h6-13,20-22,27,30H,4-5,14-15H2,1-3H3,(H,33,34). The highest BCUT2D eigenvalue weighted by molar-refractivity contribution is 6.09. The smallest absolute Gasteiger partial charge is 0.325 e. The third-order valence-electron chi connectivity index (χ3n) is 7.05. The van der Waals surface area contributed by atoms with Crippen molar-refractivity contribution in [2.75, 3.05) is 25.5 Å². The normalized spacial score (nSPS) is 26.1. The number of hydrogen-bond acceptors (Lipinski definition) is 6. The molecule has 0 radical (unpaired) electrons. The predicted molar refractivity (Wildman–Crippen MR) is 127 cm³/mol. The van der Waals surface area contributed by atoms with E-state index in [0.717, 1.165) is 17.7 Å². The summed E-state index contributed by atoms with van der Waals surface area (Å²) in [7, 11) is 3.85. The average molecular weight is 466 g/mol. The zero-order chi connectivity index (χ0) is 24.6. The van der Waals surface area contributed by atoms with E-state index in [1.54, 1.807) is 12.1 Å². The van der Waals surface area contributed by atoms with Gasteiger partial charge >= 0.3 is 5.97 Å². The van der Waals surface area contributed by atoms with Gasteiger partial charge in [0.05, 0.1) is 11.8 Å². The molecule has 34 heavy (non-hydrogen) atoms. The lowest BCUT2D eigenvalue weighted by Gasteiger charge is -2.31. The third kappa shape index (κ3) is 3.92. The number of likely N-dealkylation sites (tertiary alicyclic amines) is 1. The van der Waals surface area contributed by atoms with Crippen LogP contribution in [0.5, 0.6) is 5.75 Å². The summed E-state index contributed by atoms with van der Waals surface area (Å²) < 4.78 is 0. The minimum absolute atomic E-state index is 0.0106. The molecule has 2 amide bonds. The Bertz CT molecular complexity index is 1080. The van der Waals surface area contributed by atoms with Crippen LogP contribution in [0.15, 0.2) is 48.5 Å². The Morgan fingerprint density at radius 3 is 2.26 bits per heavy atom. The second-order valence-electron chi connectivity index (χ2n) is 9.41. The van der Waals surface area contributed by atoms with Crippen molar-refractivity contribution < 1.29 is 24.6 Å². The molecule has 0 aromatic heterocycles. The van der Waals surface area contributed by atoms with Crippen LogP contribution in [-0.2, 0) is 20.8 Å². The summed E-state index contributed by atoms with van der Waals surface area (Å²) in [5, 5.41) is 23.3. The fourth-order valence-corrected chi connectivity index (χ4v) is 5.24. The summed E-state index contributed by atoms with van der Waals surface area (Å²) in [4.78, 5) is 43.1. The molecule has 0 spiro atoms. The number of nitrogens with one attached hydrogen (secondary N) is 1. The molecule has 3 N–H and O–H groups in total. The predicted octanol–water partition coefficient (Wildman–Crippen LogP) is 2.57. The molecule has 4 rings (SSSR count). The van der Waals surface area contributed by atoms with Gasteiger partial charge in [-0.25, -0.2) is 0 Å². The van der Waals surface area contributed by atoms with Crippen molar-refractivity contribution in [2.45, 2.75) is 37.8 Å². The van der Waals surface area contributed by atoms with Gasteiger partial charge in [0.25, 0.3) is 0 Å². The number of unbranched alkanes of at least 4 members (excludes halogenated alkanes) is 1. The summed E-state index contributed by atoms with van der Waals surface area (Å²) in [6, 6.07) is 13.3. The van der Waals surface area contributed by atoms with Crippen molar-refractivity contribution in [1.29, 1.82) is 0 Å². The number of imide groups is 1. The zero-order valence-corrected chi connectivity index (χ0v) is 19.7. The van der Waals surface area contributed by atoms with Crippen molar-refractivity contribution in [3.8, 4) is 5.75 Å². The van der Waals surface area contributed by atoms with E-state index in [2.05, 4.69) is 5.32 Å². The molecule has 2 saturated heterocycles. The molecule has 2 aliphatic heterocycles. The number of aromatic hydroxyl groups is 1. The van der Waals surface area contributed by atoms with Gasteiger partial charge in [0.15, 0.2) is 0 Å². The van der Waals surface area contributed by atoms with Crippen LogP contribution >= 0.6 is 0 Å². The number of aliphatic carboxylic acids is 1. The van der Waals surface area contributed by atoms with Crippen molar-refractivity contribution in [3.05, 3.63) is 59.7 Å². The summed E-state index contributed by atoms with van der Waals surface area (Å²) in [6.07, 6.45) is 1.50. The monoisotopic (exact) mass is 465 g/mol. The number of rotatable bonds is 8. The van der Waals surface area contributed by atoms with E-state index in [1.165, 1.54) is 17.0 Å². The molecule has 2 aromatic carbocycles. The first kappa shape index (κ1) is 23.8. The van der Waals surface area contributed by atoms with Gasteiger partial charge in [-0.15, -0.1) is 0 Å². The van der Waals surface area contributed by atoms with Crippen LogP contribution in [0.1, 0.15) is 36.9 Å². The first-order valence-corrected chi connectivity index (χ1v) is 11.6. The van der Waals surface area contributed by atoms with E-state index in [1.807, 2.05) is 50.2 Å². The summed E-state index contributed by atoms with van der Waals surface area (Å²) >= 11 is 0. The molecule has 8 heteroatoms. The quantitative estimate of drug-likeness (QED) is 0.514. The number of fused-ring (bicyclic) bond motifs is 1. The molecule has 4 atom stereocenters. The van der Waals surface area contributed by atoms with Gasteiger partial charge in [0.1, 0.15) is 11.3 Å². The average Bonchev–Trinajstić information content (AvgIpc) is 3.28. The fraction of sp³-hybridized carbons (Fsp3) is 0.423. The molecule has 2 fully saturated rings. The number of hydrogen-bond donors (Lipinski definition) is 3. The lowest BCUT2D eigenvalue weighted by atomic mass is 9.76. The molecule has 0 saturated carbocycles. The summed E-state index contributed by atoms with van der Waals surface area (Å²) in [6.45, 7) is 2.28. The number of carbonyl (C=O) groups is 3. The molecule has 2 aliphatic rings. The van der Waals surface area contributed by atoms with E-state index >= 15 is 0 Å². The Labute approximate surface area is 199 Å². The highest BCUT2D eigenvalue weighted by Crippen LogP contribution is 2.50. The van der Waals surface area contributed by atoms with Gasteiger partial charge in [-0.3, -0.25) is 24.6 Å². The number of carboxylic acid groups (broad SMARTS) is 1. The lowest BCUT2D eigenvalue weighted by Crippen LogP contribution is -2.57.